The van der Waals surface area contributed by atoms with Gasteiger partial charge in [0.05, 0.1) is 0 Å². The van der Waals surface area contributed by atoms with Crippen molar-refractivity contribution in [3.63, 3.8) is 0 Å². The molecule has 0 saturated carbocycles. The maximum absolute atomic E-state index is 4.44. The van der Waals surface area contributed by atoms with Gasteiger partial charge < -0.3 is 5.32 Å². The molecule has 0 N–H and O–H groups in total. The van der Waals surface area contributed by atoms with Crippen LogP contribution in [-0.4, -0.2) is 6.01 Å². The summed E-state index contributed by atoms with van der Waals surface area (Å²) in [6.07, 6.45) is 0. The van der Waals surface area contributed by atoms with Crippen molar-refractivity contribution >= 4 is 40.1 Å². The zero-order valence-corrected chi connectivity index (χ0v) is 31.2. The Morgan fingerprint density at radius 2 is 0.702 bits per heavy atom. The van der Waals surface area contributed by atoms with Crippen molar-refractivity contribution in [2.45, 2.75) is 79.1 Å². The number of nitrogens with zero attached hydrogens (tertiary/aromatic N) is 3. The van der Waals surface area contributed by atoms with Crippen LogP contribution >= 0.6 is 0 Å². The minimum absolute atomic E-state index is 0. The van der Waals surface area contributed by atoms with Gasteiger partial charge in [0, 0.05) is 34.4 Å². The largest absolute Gasteiger partial charge is 1.00 e. The van der Waals surface area contributed by atoms with E-state index in [9.17, 15) is 0 Å². The SMILES string of the molecule is CC(C)c1cccc(C(C)C)c1[N+]1=C=[N+](c2c(C(C)C)cccc2C(C)C)c2ccccc21.[Au+].c1ccc([N-]c2ccccc2)cc1. The van der Waals surface area contributed by atoms with Gasteiger partial charge in [0.25, 0.3) is 11.4 Å². The molecule has 0 radical (unpaired) electrons. The molecule has 0 fully saturated rings. The summed E-state index contributed by atoms with van der Waals surface area (Å²) >= 11 is 0. The first-order chi connectivity index (χ1) is 22.2. The van der Waals surface area contributed by atoms with E-state index in [1.807, 2.05) is 60.7 Å². The van der Waals surface area contributed by atoms with Crippen molar-refractivity contribution in [1.29, 1.82) is 0 Å². The Hall–Kier alpha value is -3.98. The zero-order chi connectivity index (χ0) is 32.8. The fourth-order valence-corrected chi connectivity index (χ4v) is 6.09. The molecule has 244 valence electrons. The third-order valence-corrected chi connectivity index (χ3v) is 8.47. The predicted molar refractivity (Wildman–Crippen MR) is 199 cm³/mol. The summed E-state index contributed by atoms with van der Waals surface area (Å²) in [6.45, 7) is 18.3. The minimum atomic E-state index is 0. The Kier molecular flexibility index (Phi) is 12.4. The van der Waals surface area contributed by atoms with Crippen LogP contribution in [0.3, 0.4) is 0 Å². The van der Waals surface area contributed by atoms with Crippen molar-refractivity contribution in [3.8, 4) is 0 Å². The van der Waals surface area contributed by atoms with Crippen LogP contribution in [-0.2, 0) is 22.4 Å². The van der Waals surface area contributed by atoms with Crippen molar-refractivity contribution in [1.82, 2.24) is 9.15 Å². The summed E-state index contributed by atoms with van der Waals surface area (Å²) in [5.41, 5.74) is 12.4. The van der Waals surface area contributed by atoms with Crippen LogP contribution < -0.4 is 9.15 Å². The van der Waals surface area contributed by atoms with Crippen LogP contribution in [0.4, 0.5) is 34.1 Å². The van der Waals surface area contributed by atoms with Crippen molar-refractivity contribution < 1.29 is 22.4 Å². The Balaban J connectivity index is 0.000000298. The van der Waals surface area contributed by atoms with Gasteiger partial charge in [0.15, 0.2) is 0 Å². The van der Waals surface area contributed by atoms with Gasteiger partial charge in [-0.1, -0.05) is 165 Å². The smallest absolute Gasteiger partial charge is 0.658 e. The minimum Gasteiger partial charge on any atom is -0.658 e. The molecule has 47 heavy (non-hydrogen) atoms. The summed E-state index contributed by atoms with van der Waals surface area (Å²) in [6, 6.07) is 46.0. The van der Waals surface area contributed by atoms with Crippen LogP contribution in [0, 0.1) is 0 Å². The van der Waals surface area contributed by atoms with E-state index in [0.29, 0.717) is 23.7 Å². The normalized spacial score (nSPS) is 11.9. The van der Waals surface area contributed by atoms with E-state index in [-0.39, 0.29) is 22.4 Å². The van der Waals surface area contributed by atoms with Crippen molar-refractivity contribution in [3.05, 3.63) is 149 Å². The summed E-state index contributed by atoms with van der Waals surface area (Å²) in [5.74, 6) is 1.71. The average molecular weight is 804 g/mol. The molecule has 1 aliphatic heterocycles. The first-order valence-corrected chi connectivity index (χ1v) is 16.7. The molecule has 5 aromatic rings. The molecular formula is C43H48AuN3+2. The number of hydrogen-bond donors (Lipinski definition) is 0. The van der Waals surface area contributed by atoms with Crippen LogP contribution in [0.1, 0.15) is 101 Å². The molecule has 0 atom stereocenters. The van der Waals surface area contributed by atoms with E-state index < -0.39 is 0 Å². The third kappa shape index (κ3) is 8.12. The molecule has 5 aromatic carbocycles. The number of benzene rings is 5. The number of hydrogen-bond acceptors (Lipinski definition) is 0. The van der Waals surface area contributed by atoms with Crippen LogP contribution in [0.5, 0.6) is 0 Å². The number of rotatable bonds is 8. The molecule has 3 nitrogen and oxygen atoms in total. The van der Waals surface area contributed by atoms with Gasteiger partial charge >= 0.3 is 28.4 Å². The molecule has 1 heterocycles. The Labute approximate surface area is 298 Å². The molecule has 6 rings (SSSR count). The number of para-hydroxylation sites is 6. The molecule has 0 amide bonds. The standard InChI is InChI=1S/C31H38N2.C12H10N.Au/c1-20(2)24-13-11-14-25(21(3)4)30(24)32-19-33(29-18-10-9-17-28(29)32)31-26(22(5)6)15-12-16-27(31)23(7)8;1-3-7-11(8-4-1)13-12-9-5-2-6-10-12;/h9-18,20-23H,1-8H3;1-10H;/q+2;-1;+1. The zero-order valence-electron chi connectivity index (χ0n) is 29.0. The topological polar surface area (TPSA) is 20.1 Å². The maximum Gasteiger partial charge on any atom is 1.00 e. The second-order valence-corrected chi connectivity index (χ2v) is 13.2. The average Bonchev–Trinajstić information content (AvgIpc) is 3.44. The van der Waals surface area contributed by atoms with Crippen LogP contribution in [0.15, 0.2) is 121 Å². The quantitative estimate of drug-likeness (QED) is 0.108. The third-order valence-electron chi connectivity index (χ3n) is 8.47. The van der Waals surface area contributed by atoms with Gasteiger partial charge in [-0.2, -0.15) is 0 Å². The summed E-state index contributed by atoms with van der Waals surface area (Å²) in [5, 5.41) is 4.44. The van der Waals surface area contributed by atoms with Gasteiger partial charge in [-0.25, -0.2) is 0 Å². The molecule has 0 bridgehead atoms. The Morgan fingerprint density at radius 3 is 1.00 bits per heavy atom. The summed E-state index contributed by atoms with van der Waals surface area (Å²) in [4.78, 5) is 0. The molecule has 0 saturated heterocycles. The first kappa shape index (κ1) is 35.9. The van der Waals surface area contributed by atoms with E-state index in [1.165, 1.54) is 45.0 Å². The molecular weight excluding hydrogens is 755 g/mol. The van der Waals surface area contributed by atoms with Crippen molar-refractivity contribution in [2.75, 3.05) is 0 Å². The Bertz CT molecular complexity index is 1660. The molecule has 0 unspecified atom stereocenters. The fourth-order valence-electron chi connectivity index (χ4n) is 6.09. The fraction of sp³-hybridized carbons (Fsp3) is 0.279. The predicted octanol–water partition coefficient (Wildman–Crippen LogP) is 13.1. The molecule has 0 aromatic heterocycles. The van der Waals surface area contributed by atoms with Crippen molar-refractivity contribution in [2.24, 2.45) is 0 Å². The summed E-state index contributed by atoms with van der Waals surface area (Å²) in [7, 11) is 0. The molecule has 0 spiro atoms. The molecule has 4 heteroatoms. The second-order valence-electron chi connectivity index (χ2n) is 13.2. The van der Waals surface area contributed by atoms with Gasteiger partial charge in [-0.15, -0.1) is 11.4 Å². The van der Waals surface area contributed by atoms with E-state index in [4.69, 9.17) is 0 Å². The van der Waals surface area contributed by atoms with Gasteiger partial charge in [0.2, 0.25) is 11.4 Å². The van der Waals surface area contributed by atoms with Gasteiger partial charge in [0.1, 0.15) is 0 Å². The van der Waals surface area contributed by atoms with Gasteiger partial charge in [-0.3, -0.25) is 0 Å². The summed E-state index contributed by atoms with van der Waals surface area (Å²) < 4.78 is 4.64. The maximum atomic E-state index is 4.44. The number of fused-ring (bicyclic) bond motifs is 1. The van der Waals surface area contributed by atoms with Gasteiger partial charge in [-0.05, 0) is 32.8 Å². The van der Waals surface area contributed by atoms with E-state index in [1.54, 1.807) is 0 Å². The van der Waals surface area contributed by atoms with E-state index >= 15 is 0 Å². The van der Waals surface area contributed by atoms with Crippen LogP contribution in [0.25, 0.3) is 5.32 Å². The molecule has 1 aliphatic rings. The monoisotopic (exact) mass is 803 g/mol. The second kappa shape index (κ2) is 16.2. The molecule has 0 aliphatic carbocycles. The first-order valence-electron chi connectivity index (χ1n) is 16.7. The van der Waals surface area contributed by atoms with Crippen LogP contribution in [0.2, 0.25) is 0 Å². The van der Waals surface area contributed by atoms with E-state index in [2.05, 4.69) is 137 Å². The van der Waals surface area contributed by atoms with E-state index in [0.717, 1.165) is 11.4 Å². The Morgan fingerprint density at radius 1 is 0.404 bits per heavy atom.